The van der Waals surface area contributed by atoms with Crippen molar-refractivity contribution in [3.8, 4) is 0 Å². The fraction of sp³-hybridized carbons (Fsp3) is 1.00. The molecule has 18 heavy (non-hydrogen) atoms. The second-order valence-electron chi connectivity index (χ2n) is 6.67. The number of hydrogen-bond acceptors (Lipinski definition) is 2. The first-order valence-electron chi connectivity index (χ1n) is 8.01. The number of hydrogen-bond donors (Lipinski definition) is 1. The Morgan fingerprint density at radius 2 is 1.78 bits per heavy atom. The van der Waals surface area contributed by atoms with Crippen molar-refractivity contribution in [2.45, 2.75) is 72.3 Å². The zero-order chi connectivity index (χ0) is 13.6. The van der Waals surface area contributed by atoms with Crippen molar-refractivity contribution in [2.24, 2.45) is 17.1 Å². The standard InChI is InChI=1S/C16H34N2/c1-5-15(6-2)18(12-14(3)4)11-10-16(13-17)8-7-9-16/h14-15H,5-13,17H2,1-4H3. The molecule has 0 aromatic heterocycles. The molecule has 108 valence electrons. The van der Waals surface area contributed by atoms with E-state index >= 15 is 0 Å². The lowest BCUT2D eigenvalue weighted by Gasteiger charge is -2.43. The van der Waals surface area contributed by atoms with Gasteiger partial charge in [0.05, 0.1) is 0 Å². The quantitative estimate of drug-likeness (QED) is 0.680. The highest BCUT2D eigenvalue weighted by Crippen LogP contribution is 2.43. The molecule has 0 atom stereocenters. The molecule has 1 fully saturated rings. The van der Waals surface area contributed by atoms with Crippen LogP contribution < -0.4 is 5.73 Å². The summed E-state index contributed by atoms with van der Waals surface area (Å²) in [5, 5.41) is 0. The molecule has 0 aliphatic heterocycles. The van der Waals surface area contributed by atoms with Crippen LogP contribution in [-0.2, 0) is 0 Å². The fourth-order valence-electron chi connectivity index (χ4n) is 3.31. The maximum absolute atomic E-state index is 5.98. The van der Waals surface area contributed by atoms with Crippen molar-refractivity contribution in [2.75, 3.05) is 19.6 Å². The van der Waals surface area contributed by atoms with Crippen molar-refractivity contribution in [1.82, 2.24) is 4.90 Å². The summed E-state index contributed by atoms with van der Waals surface area (Å²) >= 11 is 0. The van der Waals surface area contributed by atoms with Gasteiger partial charge in [0.25, 0.3) is 0 Å². The highest BCUT2D eigenvalue weighted by Gasteiger charge is 2.35. The topological polar surface area (TPSA) is 29.3 Å². The average Bonchev–Trinajstić information content (AvgIpc) is 2.28. The van der Waals surface area contributed by atoms with E-state index in [9.17, 15) is 0 Å². The molecule has 1 rings (SSSR count). The van der Waals surface area contributed by atoms with Crippen LogP contribution in [0.5, 0.6) is 0 Å². The summed E-state index contributed by atoms with van der Waals surface area (Å²) in [7, 11) is 0. The van der Waals surface area contributed by atoms with E-state index in [1.807, 2.05) is 0 Å². The molecule has 0 heterocycles. The van der Waals surface area contributed by atoms with Crippen molar-refractivity contribution in [1.29, 1.82) is 0 Å². The maximum atomic E-state index is 5.98. The van der Waals surface area contributed by atoms with Gasteiger partial charge >= 0.3 is 0 Å². The monoisotopic (exact) mass is 254 g/mol. The molecule has 1 aliphatic rings. The summed E-state index contributed by atoms with van der Waals surface area (Å²) in [6, 6.07) is 0.766. The third-order valence-corrected chi connectivity index (χ3v) is 4.84. The number of rotatable bonds is 9. The van der Waals surface area contributed by atoms with E-state index in [1.54, 1.807) is 0 Å². The lowest BCUT2D eigenvalue weighted by Crippen LogP contribution is -2.44. The molecule has 0 bridgehead atoms. The summed E-state index contributed by atoms with van der Waals surface area (Å²) in [6.07, 6.45) is 7.99. The van der Waals surface area contributed by atoms with Gasteiger partial charge in [-0.3, -0.25) is 0 Å². The summed E-state index contributed by atoms with van der Waals surface area (Å²) in [5.41, 5.74) is 6.48. The van der Waals surface area contributed by atoms with Gasteiger partial charge in [0.1, 0.15) is 0 Å². The van der Waals surface area contributed by atoms with Gasteiger partial charge in [-0.25, -0.2) is 0 Å². The first-order chi connectivity index (χ1) is 8.56. The molecule has 0 amide bonds. The third-order valence-electron chi connectivity index (χ3n) is 4.84. The van der Waals surface area contributed by atoms with E-state index in [4.69, 9.17) is 5.73 Å². The molecule has 1 aliphatic carbocycles. The molecule has 0 aromatic carbocycles. The zero-order valence-electron chi connectivity index (χ0n) is 13.0. The lowest BCUT2D eigenvalue weighted by molar-refractivity contribution is 0.0832. The summed E-state index contributed by atoms with van der Waals surface area (Å²) in [6.45, 7) is 12.7. The molecule has 1 saturated carbocycles. The Balaban J connectivity index is 2.49. The molecular formula is C16H34N2. The Morgan fingerprint density at radius 3 is 2.11 bits per heavy atom. The SMILES string of the molecule is CCC(CC)N(CCC1(CN)CCC1)CC(C)C. The van der Waals surface area contributed by atoms with Crippen LogP contribution in [0.4, 0.5) is 0 Å². The van der Waals surface area contributed by atoms with Gasteiger partial charge in [-0.1, -0.05) is 34.1 Å². The smallest absolute Gasteiger partial charge is 0.00901 e. The molecular weight excluding hydrogens is 220 g/mol. The molecule has 0 radical (unpaired) electrons. The minimum atomic E-state index is 0.501. The van der Waals surface area contributed by atoms with Gasteiger partial charge in [-0.15, -0.1) is 0 Å². The Hall–Kier alpha value is -0.0800. The predicted molar refractivity (Wildman–Crippen MR) is 80.7 cm³/mol. The van der Waals surface area contributed by atoms with Crippen LogP contribution in [0.25, 0.3) is 0 Å². The van der Waals surface area contributed by atoms with Crippen LogP contribution in [0.15, 0.2) is 0 Å². The lowest BCUT2D eigenvalue weighted by atomic mass is 9.66. The van der Waals surface area contributed by atoms with Crippen molar-refractivity contribution in [3.05, 3.63) is 0 Å². The van der Waals surface area contributed by atoms with E-state index in [1.165, 1.54) is 51.6 Å². The molecule has 2 heteroatoms. The highest BCUT2D eigenvalue weighted by atomic mass is 15.2. The third kappa shape index (κ3) is 4.24. The summed E-state index contributed by atoms with van der Waals surface area (Å²) < 4.78 is 0. The number of nitrogens with zero attached hydrogens (tertiary/aromatic N) is 1. The largest absolute Gasteiger partial charge is 0.330 e. The van der Waals surface area contributed by atoms with Crippen LogP contribution >= 0.6 is 0 Å². The van der Waals surface area contributed by atoms with Gasteiger partial charge in [-0.05, 0) is 56.5 Å². The fourth-order valence-corrected chi connectivity index (χ4v) is 3.31. The normalized spacial score (nSPS) is 18.7. The van der Waals surface area contributed by atoms with Crippen molar-refractivity contribution >= 4 is 0 Å². The molecule has 0 saturated heterocycles. The minimum absolute atomic E-state index is 0.501. The summed E-state index contributed by atoms with van der Waals surface area (Å²) in [5.74, 6) is 0.765. The molecule has 2 nitrogen and oxygen atoms in total. The van der Waals surface area contributed by atoms with E-state index in [2.05, 4.69) is 32.6 Å². The van der Waals surface area contributed by atoms with Crippen LogP contribution in [0.2, 0.25) is 0 Å². The van der Waals surface area contributed by atoms with Gasteiger partial charge in [0.2, 0.25) is 0 Å². The molecule has 0 unspecified atom stereocenters. The van der Waals surface area contributed by atoms with Gasteiger partial charge in [-0.2, -0.15) is 0 Å². The second-order valence-corrected chi connectivity index (χ2v) is 6.67. The first-order valence-corrected chi connectivity index (χ1v) is 8.01. The van der Waals surface area contributed by atoms with E-state index in [0.29, 0.717) is 5.41 Å². The van der Waals surface area contributed by atoms with Crippen molar-refractivity contribution < 1.29 is 0 Å². The van der Waals surface area contributed by atoms with E-state index < -0.39 is 0 Å². The first kappa shape index (κ1) is 16.0. The maximum Gasteiger partial charge on any atom is 0.00901 e. The number of nitrogens with two attached hydrogens (primary N) is 1. The van der Waals surface area contributed by atoms with Crippen LogP contribution in [0, 0.1) is 11.3 Å². The molecule has 2 N–H and O–H groups in total. The van der Waals surface area contributed by atoms with Crippen molar-refractivity contribution in [3.63, 3.8) is 0 Å². The average molecular weight is 254 g/mol. The Labute approximate surface area is 114 Å². The molecule has 0 spiro atoms. The van der Waals surface area contributed by atoms with Crippen LogP contribution in [0.1, 0.15) is 66.2 Å². The molecule has 0 aromatic rings. The van der Waals surface area contributed by atoms with E-state index in [-0.39, 0.29) is 0 Å². The second kappa shape index (κ2) is 7.49. The Bertz CT molecular complexity index is 212. The summed E-state index contributed by atoms with van der Waals surface area (Å²) in [4.78, 5) is 2.72. The van der Waals surface area contributed by atoms with Gasteiger partial charge < -0.3 is 10.6 Å². The predicted octanol–water partition coefficient (Wildman–Crippen LogP) is 3.65. The Morgan fingerprint density at radius 1 is 1.17 bits per heavy atom. The Kier molecular flexibility index (Phi) is 6.65. The van der Waals surface area contributed by atoms with Gasteiger partial charge in [0.15, 0.2) is 0 Å². The zero-order valence-corrected chi connectivity index (χ0v) is 13.0. The highest BCUT2D eigenvalue weighted by molar-refractivity contribution is 4.89. The van der Waals surface area contributed by atoms with E-state index in [0.717, 1.165) is 18.5 Å². The van der Waals surface area contributed by atoms with Gasteiger partial charge in [0, 0.05) is 12.6 Å². The van der Waals surface area contributed by atoms with Crippen LogP contribution in [-0.4, -0.2) is 30.6 Å². The minimum Gasteiger partial charge on any atom is -0.330 e. The van der Waals surface area contributed by atoms with Crippen LogP contribution in [0.3, 0.4) is 0 Å².